The van der Waals surface area contributed by atoms with Crippen LogP contribution < -0.4 is 0 Å². The van der Waals surface area contributed by atoms with Crippen molar-refractivity contribution in [3.05, 3.63) is 12.2 Å². The van der Waals surface area contributed by atoms with Gasteiger partial charge in [0.15, 0.2) is 0 Å². The van der Waals surface area contributed by atoms with Crippen molar-refractivity contribution < 1.29 is 19.1 Å². The van der Waals surface area contributed by atoms with E-state index >= 15 is 0 Å². The minimum atomic E-state index is -0.407. The van der Waals surface area contributed by atoms with Gasteiger partial charge < -0.3 is 9.47 Å². The molecule has 0 bridgehead atoms. The van der Waals surface area contributed by atoms with Crippen molar-refractivity contribution in [3.8, 4) is 0 Å². The van der Waals surface area contributed by atoms with E-state index in [9.17, 15) is 9.59 Å². The zero-order valence-corrected chi connectivity index (χ0v) is 22.0. The number of allylic oxidation sites excluding steroid dienone is 2. The van der Waals surface area contributed by atoms with Crippen molar-refractivity contribution >= 4 is 11.9 Å². The van der Waals surface area contributed by atoms with Gasteiger partial charge in [0.2, 0.25) is 0 Å². The Morgan fingerprint density at radius 1 is 0.667 bits per heavy atom. The van der Waals surface area contributed by atoms with Gasteiger partial charge >= 0.3 is 11.9 Å². The molecular weight excluding hydrogens is 412 g/mol. The van der Waals surface area contributed by atoms with Crippen LogP contribution in [0.5, 0.6) is 0 Å². The highest BCUT2D eigenvalue weighted by molar-refractivity contribution is 5.82. The van der Waals surface area contributed by atoms with Crippen LogP contribution in [0, 0.1) is 11.8 Å². The molecule has 0 spiro atoms. The van der Waals surface area contributed by atoms with Gasteiger partial charge in [-0.15, -0.1) is 0 Å². The number of unbranched alkanes of at least 4 members (excludes halogenated alkanes) is 15. The molecule has 0 aromatic rings. The van der Waals surface area contributed by atoms with Crippen LogP contribution in [0.2, 0.25) is 0 Å². The van der Waals surface area contributed by atoms with Crippen molar-refractivity contribution in [2.75, 3.05) is 6.61 Å². The van der Waals surface area contributed by atoms with Crippen LogP contribution in [0.1, 0.15) is 136 Å². The second-order valence-electron chi connectivity index (χ2n) is 10.1. The van der Waals surface area contributed by atoms with Crippen LogP contribution in [0.15, 0.2) is 12.2 Å². The van der Waals surface area contributed by atoms with Crippen LogP contribution in [0.3, 0.4) is 0 Å². The SMILES string of the molecule is CCCCCCCCCCCCCCCCCCOC(=O)C1CC=CCC1C(=O)OC(C)C. The lowest BCUT2D eigenvalue weighted by Crippen LogP contribution is -2.34. The summed E-state index contributed by atoms with van der Waals surface area (Å²) in [6.07, 6.45) is 26.1. The maximum absolute atomic E-state index is 12.5. The zero-order valence-electron chi connectivity index (χ0n) is 22.0. The Kier molecular flexibility index (Phi) is 18.1. The van der Waals surface area contributed by atoms with Gasteiger partial charge in [-0.2, -0.15) is 0 Å². The number of hydrogen-bond acceptors (Lipinski definition) is 4. The maximum atomic E-state index is 12.5. The number of hydrogen-bond donors (Lipinski definition) is 0. The van der Waals surface area contributed by atoms with Crippen molar-refractivity contribution in [2.45, 2.75) is 142 Å². The third kappa shape index (κ3) is 15.2. The second kappa shape index (κ2) is 20.1. The van der Waals surface area contributed by atoms with Gasteiger partial charge in [0, 0.05) is 0 Å². The highest BCUT2D eigenvalue weighted by atomic mass is 16.5. The number of rotatable bonds is 20. The molecule has 1 rings (SSSR count). The van der Waals surface area contributed by atoms with Crippen molar-refractivity contribution in [3.63, 3.8) is 0 Å². The molecule has 0 saturated carbocycles. The number of ether oxygens (including phenoxy) is 2. The van der Waals surface area contributed by atoms with Gasteiger partial charge in [-0.25, -0.2) is 0 Å². The summed E-state index contributed by atoms with van der Waals surface area (Å²) in [5.74, 6) is -1.33. The van der Waals surface area contributed by atoms with Gasteiger partial charge in [0.1, 0.15) is 0 Å². The first kappa shape index (κ1) is 29.7. The first-order valence-corrected chi connectivity index (χ1v) is 14.1. The molecule has 4 heteroatoms. The summed E-state index contributed by atoms with van der Waals surface area (Å²) in [6, 6.07) is 0. The summed E-state index contributed by atoms with van der Waals surface area (Å²) in [5.41, 5.74) is 0. The molecule has 192 valence electrons. The fraction of sp³-hybridized carbons (Fsp3) is 0.862. The molecule has 0 aromatic heterocycles. The fourth-order valence-electron chi connectivity index (χ4n) is 4.58. The van der Waals surface area contributed by atoms with E-state index in [0.29, 0.717) is 19.4 Å². The van der Waals surface area contributed by atoms with E-state index in [1.165, 1.54) is 89.9 Å². The Morgan fingerprint density at radius 2 is 1.06 bits per heavy atom. The predicted molar refractivity (Wildman–Crippen MR) is 137 cm³/mol. The number of esters is 2. The lowest BCUT2D eigenvalue weighted by atomic mass is 9.83. The normalized spacial score (nSPS) is 17.9. The quantitative estimate of drug-likeness (QED) is 0.103. The molecule has 0 fully saturated rings. The topological polar surface area (TPSA) is 52.6 Å². The summed E-state index contributed by atoms with van der Waals surface area (Å²) in [6.45, 7) is 6.41. The highest BCUT2D eigenvalue weighted by Crippen LogP contribution is 2.28. The summed E-state index contributed by atoms with van der Waals surface area (Å²) in [4.78, 5) is 24.8. The van der Waals surface area contributed by atoms with E-state index in [2.05, 4.69) is 6.92 Å². The third-order valence-electron chi connectivity index (χ3n) is 6.63. The molecule has 4 nitrogen and oxygen atoms in total. The molecule has 0 amide bonds. The molecule has 33 heavy (non-hydrogen) atoms. The fourth-order valence-corrected chi connectivity index (χ4v) is 4.58. The van der Waals surface area contributed by atoms with Gasteiger partial charge in [0.05, 0.1) is 24.5 Å². The molecule has 1 aliphatic rings. The predicted octanol–water partition coefficient (Wildman–Crippen LogP) is 8.33. The largest absolute Gasteiger partial charge is 0.465 e. The van der Waals surface area contributed by atoms with Crippen LogP contribution in [-0.4, -0.2) is 24.6 Å². The van der Waals surface area contributed by atoms with Gasteiger partial charge in [0.25, 0.3) is 0 Å². The summed E-state index contributed by atoms with van der Waals surface area (Å²) >= 11 is 0. The molecule has 0 heterocycles. The minimum absolute atomic E-state index is 0.162. The second-order valence-corrected chi connectivity index (χ2v) is 10.1. The third-order valence-corrected chi connectivity index (χ3v) is 6.63. The minimum Gasteiger partial charge on any atom is -0.465 e. The molecular formula is C29H52O4. The average molecular weight is 465 g/mol. The van der Waals surface area contributed by atoms with Crippen molar-refractivity contribution in [1.82, 2.24) is 0 Å². The van der Waals surface area contributed by atoms with Crippen LogP contribution >= 0.6 is 0 Å². The molecule has 0 aromatic carbocycles. The van der Waals surface area contributed by atoms with Gasteiger partial charge in [-0.3, -0.25) is 9.59 Å². The lowest BCUT2D eigenvalue weighted by molar-refractivity contribution is -0.163. The van der Waals surface area contributed by atoms with Crippen LogP contribution in [0.4, 0.5) is 0 Å². The van der Waals surface area contributed by atoms with E-state index in [-0.39, 0.29) is 18.0 Å². The Hall–Kier alpha value is -1.32. The lowest BCUT2D eigenvalue weighted by Gasteiger charge is -2.26. The maximum Gasteiger partial charge on any atom is 0.310 e. The monoisotopic (exact) mass is 464 g/mol. The van der Waals surface area contributed by atoms with E-state index in [1.54, 1.807) is 0 Å². The van der Waals surface area contributed by atoms with E-state index in [4.69, 9.17) is 9.47 Å². The first-order chi connectivity index (χ1) is 16.1. The molecule has 2 unspecified atom stereocenters. The standard InChI is InChI=1S/C29H52O4/c1-4-5-6-7-8-9-10-11-12-13-14-15-16-17-18-21-24-32-28(30)26-22-19-20-23-27(26)29(31)33-25(2)3/h19-20,25-27H,4-18,21-24H2,1-3H3. The summed E-state index contributed by atoms with van der Waals surface area (Å²) in [7, 11) is 0. The van der Waals surface area contributed by atoms with Crippen LogP contribution in [0.25, 0.3) is 0 Å². The van der Waals surface area contributed by atoms with Crippen LogP contribution in [-0.2, 0) is 19.1 Å². The Bertz CT molecular complexity index is 526. The Labute approximate surface area is 204 Å². The zero-order chi connectivity index (χ0) is 24.2. The van der Waals surface area contributed by atoms with Gasteiger partial charge in [-0.1, -0.05) is 115 Å². The number of carbonyl (C=O) groups excluding carboxylic acids is 2. The van der Waals surface area contributed by atoms with Crippen molar-refractivity contribution in [2.24, 2.45) is 11.8 Å². The first-order valence-electron chi connectivity index (χ1n) is 14.1. The Morgan fingerprint density at radius 3 is 1.48 bits per heavy atom. The summed E-state index contributed by atoms with van der Waals surface area (Å²) < 4.78 is 10.8. The molecule has 0 radical (unpaired) electrons. The number of carbonyl (C=O) groups is 2. The highest BCUT2D eigenvalue weighted by Gasteiger charge is 2.36. The van der Waals surface area contributed by atoms with E-state index in [0.717, 1.165) is 12.8 Å². The Balaban J connectivity index is 1.95. The molecule has 1 aliphatic carbocycles. The van der Waals surface area contributed by atoms with Crippen molar-refractivity contribution in [1.29, 1.82) is 0 Å². The molecule has 0 N–H and O–H groups in total. The molecule has 0 saturated heterocycles. The smallest absolute Gasteiger partial charge is 0.310 e. The van der Waals surface area contributed by atoms with Gasteiger partial charge in [-0.05, 0) is 33.1 Å². The molecule has 2 atom stereocenters. The summed E-state index contributed by atoms with van der Waals surface area (Å²) in [5, 5.41) is 0. The average Bonchev–Trinajstić information content (AvgIpc) is 2.80. The molecule has 0 aliphatic heterocycles. The van der Waals surface area contributed by atoms with E-state index in [1.807, 2.05) is 26.0 Å². The van der Waals surface area contributed by atoms with E-state index < -0.39 is 11.8 Å².